The molecule has 110 valence electrons. The van der Waals surface area contributed by atoms with Crippen LogP contribution in [0.15, 0.2) is 18.2 Å². The maximum absolute atomic E-state index is 6.08. The van der Waals surface area contributed by atoms with Gasteiger partial charge < -0.3 is 10.3 Å². The fraction of sp³-hybridized carbons (Fsp3) is 0.562. The van der Waals surface area contributed by atoms with Crippen molar-refractivity contribution in [2.45, 2.75) is 46.1 Å². The standard InChI is InChI=1S/C16H24ClN3/c1-10(2)7-12(9-18)16-19-14-8-13(17)5-6-15(14)20(16)11(3)4/h5-6,8,10-12H,7,9,18H2,1-4H3. The van der Waals surface area contributed by atoms with Crippen LogP contribution in [0.2, 0.25) is 5.02 Å². The summed E-state index contributed by atoms with van der Waals surface area (Å²) < 4.78 is 2.30. The molecule has 1 aromatic carbocycles. The Morgan fingerprint density at radius 3 is 2.50 bits per heavy atom. The van der Waals surface area contributed by atoms with Crippen molar-refractivity contribution in [2.24, 2.45) is 11.7 Å². The first kappa shape index (κ1) is 15.3. The Morgan fingerprint density at radius 2 is 1.95 bits per heavy atom. The summed E-state index contributed by atoms with van der Waals surface area (Å²) in [6.07, 6.45) is 1.06. The number of nitrogens with two attached hydrogens (primary N) is 1. The third kappa shape index (κ3) is 2.99. The minimum absolute atomic E-state index is 0.295. The molecule has 1 heterocycles. The average Bonchev–Trinajstić information content (AvgIpc) is 2.73. The third-order valence-electron chi connectivity index (χ3n) is 3.60. The molecule has 0 bridgehead atoms. The second kappa shape index (κ2) is 6.15. The number of imidazole rings is 1. The van der Waals surface area contributed by atoms with Crippen LogP contribution in [-0.4, -0.2) is 16.1 Å². The normalized spacial score (nSPS) is 13.6. The lowest BCUT2D eigenvalue weighted by atomic mass is 9.96. The number of rotatable bonds is 5. The van der Waals surface area contributed by atoms with Gasteiger partial charge in [0.25, 0.3) is 0 Å². The van der Waals surface area contributed by atoms with E-state index in [2.05, 4.69) is 38.3 Å². The predicted molar refractivity (Wildman–Crippen MR) is 86.4 cm³/mol. The Kier molecular flexibility index (Phi) is 4.71. The molecule has 3 nitrogen and oxygen atoms in total. The number of aromatic nitrogens is 2. The van der Waals surface area contributed by atoms with Gasteiger partial charge >= 0.3 is 0 Å². The van der Waals surface area contributed by atoms with E-state index in [1.165, 1.54) is 0 Å². The molecule has 2 aromatic rings. The molecule has 20 heavy (non-hydrogen) atoms. The topological polar surface area (TPSA) is 43.8 Å². The van der Waals surface area contributed by atoms with Gasteiger partial charge in [0.05, 0.1) is 11.0 Å². The number of benzene rings is 1. The average molecular weight is 294 g/mol. The molecule has 2 rings (SSSR count). The highest BCUT2D eigenvalue weighted by atomic mass is 35.5. The molecule has 0 aliphatic carbocycles. The lowest BCUT2D eigenvalue weighted by Gasteiger charge is -2.21. The Balaban J connectivity index is 2.58. The minimum atomic E-state index is 0.295. The van der Waals surface area contributed by atoms with Crippen LogP contribution in [-0.2, 0) is 0 Å². The van der Waals surface area contributed by atoms with E-state index in [4.69, 9.17) is 22.3 Å². The largest absolute Gasteiger partial charge is 0.330 e. The zero-order chi connectivity index (χ0) is 14.9. The lowest BCUT2D eigenvalue weighted by molar-refractivity contribution is 0.459. The highest BCUT2D eigenvalue weighted by molar-refractivity contribution is 6.31. The molecule has 4 heteroatoms. The Hall–Kier alpha value is -1.06. The Morgan fingerprint density at radius 1 is 1.25 bits per heavy atom. The van der Waals surface area contributed by atoms with Crippen molar-refractivity contribution in [1.82, 2.24) is 9.55 Å². The van der Waals surface area contributed by atoms with Gasteiger partial charge in [-0.05, 0) is 44.4 Å². The summed E-state index contributed by atoms with van der Waals surface area (Å²) in [5.74, 6) is 1.99. The lowest BCUT2D eigenvalue weighted by Crippen LogP contribution is -2.20. The molecular formula is C16H24ClN3. The molecule has 0 saturated heterocycles. The highest BCUT2D eigenvalue weighted by Gasteiger charge is 2.21. The fourth-order valence-electron chi connectivity index (χ4n) is 2.80. The maximum Gasteiger partial charge on any atom is 0.114 e. The fourth-order valence-corrected chi connectivity index (χ4v) is 2.96. The summed E-state index contributed by atoms with van der Waals surface area (Å²) in [4.78, 5) is 4.82. The smallest absolute Gasteiger partial charge is 0.114 e. The van der Waals surface area contributed by atoms with Gasteiger partial charge in [-0.3, -0.25) is 0 Å². The highest BCUT2D eigenvalue weighted by Crippen LogP contribution is 2.30. The molecule has 0 spiro atoms. The second-order valence-corrected chi connectivity index (χ2v) is 6.57. The van der Waals surface area contributed by atoms with Gasteiger partial charge in [-0.15, -0.1) is 0 Å². The summed E-state index contributed by atoms with van der Waals surface area (Å²) in [5, 5.41) is 0.727. The van der Waals surface area contributed by atoms with Crippen LogP contribution < -0.4 is 5.73 Å². The van der Waals surface area contributed by atoms with Crippen LogP contribution in [0.3, 0.4) is 0 Å². The summed E-state index contributed by atoms with van der Waals surface area (Å²) >= 11 is 6.08. The summed E-state index contributed by atoms with van der Waals surface area (Å²) in [7, 11) is 0. The van der Waals surface area contributed by atoms with Gasteiger partial charge in [0.2, 0.25) is 0 Å². The monoisotopic (exact) mass is 293 g/mol. The van der Waals surface area contributed by atoms with E-state index in [-0.39, 0.29) is 0 Å². The molecular weight excluding hydrogens is 270 g/mol. The first-order valence-corrected chi connectivity index (χ1v) is 7.69. The van der Waals surface area contributed by atoms with Crippen molar-refractivity contribution in [1.29, 1.82) is 0 Å². The predicted octanol–water partition coefficient (Wildman–Crippen LogP) is 4.36. The van der Waals surface area contributed by atoms with Crippen molar-refractivity contribution in [3.63, 3.8) is 0 Å². The van der Waals surface area contributed by atoms with Gasteiger partial charge in [-0.25, -0.2) is 4.98 Å². The quantitative estimate of drug-likeness (QED) is 0.890. The van der Waals surface area contributed by atoms with E-state index in [9.17, 15) is 0 Å². The van der Waals surface area contributed by atoms with Crippen molar-refractivity contribution in [3.8, 4) is 0 Å². The van der Waals surface area contributed by atoms with E-state index < -0.39 is 0 Å². The summed E-state index contributed by atoms with van der Waals surface area (Å²) in [5.41, 5.74) is 8.10. The van der Waals surface area contributed by atoms with E-state index in [1.807, 2.05) is 12.1 Å². The molecule has 0 aliphatic heterocycles. The van der Waals surface area contributed by atoms with Crippen molar-refractivity contribution in [2.75, 3.05) is 6.54 Å². The number of fused-ring (bicyclic) bond motifs is 1. The zero-order valence-corrected chi connectivity index (χ0v) is 13.5. The SMILES string of the molecule is CC(C)CC(CN)c1nc2cc(Cl)ccc2n1C(C)C. The van der Waals surface area contributed by atoms with Gasteiger partial charge in [0.15, 0.2) is 0 Å². The van der Waals surface area contributed by atoms with E-state index >= 15 is 0 Å². The Labute approximate surface area is 126 Å². The molecule has 2 N–H and O–H groups in total. The van der Waals surface area contributed by atoms with Gasteiger partial charge in [-0.1, -0.05) is 25.4 Å². The first-order valence-electron chi connectivity index (χ1n) is 7.31. The van der Waals surface area contributed by atoms with Crippen LogP contribution in [0.1, 0.15) is 51.9 Å². The molecule has 0 radical (unpaired) electrons. The summed E-state index contributed by atoms with van der Waals surface area (Å²) in [6, 6.07) is 6.27. The first-order chi connectivity index (χ1) is 9.43. The van der Waals surface area contributed by atoms with Crippen LogP contribution in [0.25, 0.3) is 11.0 Å². The van der Waals surface area contributed by atoms with Crippen LogP contribution in [0, 0.1) is 5.92 Å². The molecule has 1 aromatic heterocycles. The van der Waals surface area contributed by atoms with Gasteiger partial charge in [0.1, 0.15) is 5.82 Å². The minimum Gasteiger partial charge on any atom is -0.330 e. The Bertz CT molecular complexity index is 587. The number of nitrogens with zero attached hydrogens (tertiary/aromatic N) is 2. The number of halogens is 1. The van der Waals surface area contributed by atoms with Crippen LogP contribution in [0.4, 0.5) is 0 Å². The number of hydrogen-bond donors (Lipinski definition) is 1. The molecule has 0 aliphatic rings. The molecule has 0 saturated carbocycles. The zero-order valence-electron chi connectivity index (χ0n) is 12.7. The third-order valence-corrected chi connectivity index (χ3v) is 3.84. The van der Waals surface area contributed by atoms with Crippen molar-refractivity contribution < 1.29 is 0 Å². The van der Waals surface area contributed by atoms with Crippen molar-refractivity contribution >= 4 is 22.6 Å². The maximum atomic E-state index is 6.08. The van der Waals surface area contributed by atoms with E-state index in [0.717, 1.165) is 28.3 Å². The molecule has 1 unspecified atom stereocenters. The van der Waals surface area contributed by atoms with Gasteiger partial charge in [-0.2, -0.15) is 0 Å². The van der Waals surface area contributed by atoms with E-state index in [0.29, 0.717) is 24.4 Å². The molecule has 0 amide bonds. The second-order valence-electron chi connectivity index (χ2n) is 6.13. The van der Waals surface area contributed by atoms with Crippen LogP contribution in [0.5, 0.6) is 0 Å². The summed E-state index contributed by atoms with van der Waals surface area (Å²) in [6.45, 7) is 9.44. The van der Waals surface area contributed by atoms with E-state index in [1.54, 1.807) is 0 Å². The number of hydrogen-bond acceptors (Lipinski definition) is 2. The van der Waals surface area contributed by atoms with Crippen LogP contribution >= 0.6 is 11.6 Å². The molecule has 1 atom stereocenters. The molecule has 0 fully saturated rings. The van der Waals surface area contributed by atoms with Crippen molar-refractivity contribution in [3.05, 3.63) is 29.0 Å². The van der Waals surface area contributed by atoms with Gasteiger partial charge in [0, 0.05) is 23.5 Å².